The third-order valence-electron chi connectivity index (χ3n) is 5.65. The predicted molar refractivity (Wildman–Crippen MR) is 126 cm³/mol. The molecular formula is C26H29N3O4. The number of furan rings is 1. The van der Waals surface area contributed by atoms with E-state index < -0.39 is 0 Å². The molecule has 1 fully saturated rings. The van der Waals surface area contributed by atoms with E-state index in [1.807, 2.05) is 72.5 Å². The van der Waals surface area contributed by atoms with Crippen molar-refractivity contribution in [2.24, 2.45) is 0 Å². The first-order chi connectivity index (χ1) is 16.1. The second kappa shape index (κ2) is 10.8. The molecule has 0 bridgehead atoms. The zero-order chi connectivity index (χ0) is 23.0. The normalized spacial score (nSPS) is 13.5. The van der Waals surface area contributed by atoms with Crippen LogP contribution in [0.15, 0.2) is 71.3 Å². The van der Waals surface area contributed by atoms with Crippen molar-refractivity contribution in [2.45, 2.75) is 20.0 Å². The molecule has 0 aliphatic carbocycles. The standard InChI is InChI=1S/C26H29N3O4/c1-20-4-10-23(11-5-20)29(18-24-3-2-14-33-24)19-25(30)27-17-21-6-8-22(9-7-21)26(31)28-12-15-32-16-13-28/h2-11,14H,12-13,15-19H2,1H3,(H,27,30). The van der Waals surface area contributed by atoms with Crippen LogP contribution in [0.3, 0.4) is 0 Å². The summed E-state index contributed by atoms with van der Waals surface area (Å²) in [6.45, 7) is 5.53. The first-order valence-corrected chi connectivity index (χ1v) is 11.1. The van der Waals surface area contributed by atoms with Crippen LogP contribution in [0.25, 0.3) is 0 Å². The number of ether oxygens (including phenoxy) is 1. The first-order valence-electron chi connectivity index (χ1n) is 11.1. The fourth-order valence-corrected chi connectivity index (χ4v) is 3.73. The summed E-state index contributed by atoms with van der Waals surface area (Å²) in [5.74, 6) is 0.722. The lowest BCUT2D eigenvalue weighted by Gasteiger charge is -2.26. The minimum atomic E-state index is -0.0874. The van der Waals surface area contributed by atoms with Gasteiger partial charge in [0.05, 0.1) is 32.6 Å². The molecule has 33 heavy (non-hydrogen) atoms. The molecule has 0 unspecified atom stereocenters. The first kappa shape index (κ1) is 22.6. The van der Waals surface area contributed by atoms with Gasteiger partial charge < -0.3 is 24.3 Å². The number of carbonyl (C=O) groups is 2. The fraction of sp³-hybridized carbons (Fsp3) is 0.308. The Kier molecular flexibility index (Phi) is 7.42. The molecule has 2 aromatic carbocycles. The summed E-state index contributed by atoms with van der Waals surface area (Å²) < 4.78 is 10.8. The van der Waals surface area contributed by atoms with Crippen molar-refractivity contribution in [1.82, 2.24) is 10.2 Å². The Balaban J connectivity index is 1.33. The van der Waals surface area contributed by atoms with Gasteiger partial charge in [0.1, 0.15) is 5.76 Å². The molecular weight excluding hydrogens is 418 g/mol. The molecule has 1 saturated heterocycles. The van der Waals surface area contributed by atoms with E-state index in [0.717, 1.165) is 22.6 Å². The summed E-state index contributed by atoms with van der Waals surface area (Å²) in [6, 6.07) is 19.2. The quantitative estimate of drug-likeness (QED) is 0.573. The van der Waals surface area contributed by atoms with Gasteiger partial charge in [0.2, 0.25) is 5.91 Å². The summed E-state index contributed by atoms with van der Waals surface area (Å²) in [7, 11) is 0. The van der Waals surface area contributed by atoms with Gasteiger partial charge in [-0.1, -0.05) is 29.8 Å². The van der Waals surface area contributed by atoms with E-state index in [1.165, 1.54) is 0 Å². The lowest BCUT2D eigenvalue weighted by molar-refractivity contribution is -0.119. The zero-order valence-electron chi connectivity index (χ0n) is 18.8. The Bertz CT molecular complexity index is 1040. The van der Waals surface area contributed by atoms with Crippen molar-refractivity contribution in [3.8, 4) is 0 Å². The minimum Gasteiger partial charge on any atom is -0.467 e. The summed E-state index contributed by atoms with van der Waals surface area (Å²) >= 11 is 0. The smallest absolute Gasteiger partial charge is 0.254 e. The van der Waals surface area contributed by atoms with E-state index in [-0.39, 0.29) is 18.4 Å². The van der Waals surface area contributed by atoms with Crippen molar-refractivity contribution >= 4 is 17.5 Å². The van der Waals surface area contributed by atoms with E-state index in [9.17, 15) is 9.59 Å². The number of hydrogen-bond donors (Lipinski definition) is 1. The highest BCUT2D eigenvalue weighted by Crippen LogP contribution is 2.18. The number of nitrogens with one attached hydrogen (secondary N) is 1. The van der Waals surface area contributed by atoms with E-state index in [2.05, 4.69) is 5.32 Å². The van der Waals surface area contributed by atoms with Crippen LogP contribution in [-0.2, 0) is 22.6 Å². The van der Waals surface area contributed by atoms with E-state index in [4.69, 9.17) is 9.15 Å². The minimum absolute atomic E-state index is 0.0144. The molecule has 1 aromatic heterocycles. The lowest BCUT2D eigenvalue weighted by Crippen LogP contribution is -2.40. The molecule has 2 amide bonds. The monoisotopic (exact) mass is 447 g/mol. The lowest BCUT2D eigenvalue weighted by atomic mass is 10.1. The van der Waals surface area contributed by atoms with Crippen LogP contribution in [0.5, 0.6) is 0 Å². The van der Waals surface area contributed by atoms with E-state index in [0.29, 0.717) is 45.0 Å². The van der Waals surface area contributed by atoms with Crippen molar-refractivity contribution < 1.29 is 18.7 Å². The number of carbonyl (C=O) groups excluding carboxylic acids is 2. The second-order valence-corrected chi connectivity index (χ2v) is 8.15. The average Bonchev–Trinajstić information content (AvgIpc) is 3.36. The number of nitrogens with zero attached hydrogens (tertiary/aromatic N) is 2. The number of amides is 2. The number of benzene rings is 2. The fourth-order valence-electron chi connectivity index (χ4n) is 3.73. The number of morpholine rings is 1. The van der Waals surface area contributed by atoms with E-state index >= 15 is 0 Å². The Morgan fingerprint density at radius 2 is 1.73 bits per heavy atom. The molecule has 4 rings (SSSR count). The summed E-state index contributed by atoms with van der Waals surface area (Å²) in [6.07, 6.45) is 1.64. The highest BCUT2D eigenvalue weighted by Gasteiger charge is 2.18. The van der Waals surface area contributed by atoms with Gasteiger partial charge >= 0.3 is 0 Å². The molecule has 1 N–H and O–H groups in total. The Hall–Kier alpha value is -3.58. The molecule has 0 saturated carbocycles. The van der Waals surface area contributed by atoms with Gasteiger partial charge in [0.15, 0.2) is 0 Å². The number of aryl methyl sites for hydroxylation is 1. The summed E-state index contributed by atoms with van der Waals surface area (Å²) in [5.41, 5.74) is 3.71. The third kappa shape index (κ3) is 6.23. The van der Waals surface area contributed by atoms with Crippen LogP contribution >= 0.6 is 0 Å². The second-order valence-electron chi connectivity index (χ2n) is 8.15. The SMILES string of the molecule is Cc1ccc(N(CC(=O)NCc2ccc(C(=O)N3CCOCC3)cc2)Cc2ccco2)cc1. The highest BCUT2D eigenvalue weighted by molar-refractivity contribution is 5.94. The van der Waals surface area contributed by atoms with Gasteiger partial charge in [-0.2, -0.15) is 0 Å². The van der Waals surface area contributed by atoms with Crippen molar-refractivity contribution in [3.63, 3.8) is 0 Å². The molecule has 0 radical (unpaired) electrons. The summed E-state index contributed by atoms with van der Waals surface area (Å²) in [4.78, 5) is 29.1. The maximum Gasteiger partial charge on any atom is 0.254 e. The molecule has 7 nitrogen and oxygen atoms in total. The number of anilines is 1. The molecule has 172 valence electrons. The van der Waals surface area contributed by atoms with E-state index in [1.54, 1.807) is 11.2 Å². The molecule has 3 aromatic rings. The molecule has 2 heterocycles. The Labute approximate surface area is 193 Å². The molecule has 1 aliphatic rings. The molecule has 7 heteroatoms. The van der Waals surface area contributed by atoms with Crippen LogP contribution in [0.1, 0.15) is 27.2 Å². The van der Waals surface area contributed by atoms with Crippen molar-refractivity contribution in [1.29, 1.82) is 0 Å². The van der Waals surface area contributed by atoms with Crippen LogP contribution in [0, 0.1) is 6.92 Å². The van der Waals surface area contributed by atoms with Gasteiger partial charge in [0.25, 0.3) is 5.91 Å². The van der Waals surface area contributed by atoms with Crippen molar-refractivity contribution in [3.05, 3.63) is 89.4 Å². The van der Waals surface area contributed by atoms with Gasteiger partial charge in [-0.05, 0) is 48.9 Å². The third-order valence-corrected chi connectivity index (χ3v) is 5.65. The van der Waals surface area contributed by atoms with Gasteiger partial charge in [-0.25, -0.2) is 0 Å². The topological polar surface area (TPSA) is 75.0 Å². The zero-order valence-corrected chi connectivity index (χ0v) is 18.8. The highest BCUT2D eigenvalue weighted by atomic mass is 16.5. The predicted octanol–water partition coefficient (Wildman–Crippen LogP) is 3.38. The van der Waals surface area contributed by atoms with Crippen LogP contribution in [0.4, 0.5) is 5.69 Å². The van der Waals surface area contributed by atoms with Gasteiger partial charge in [0, 0.05) is 30.9 Å². The molecule has 0 spiro atoms. The van der Waals surface area contributed by atoms with Crippen molar-refractivity contribution in [2.75, 3.05) is 37.7 Å². The van der Waals surface area contributed by atoms with Crippen LogP contribution in [0.2, 0.25) is 0 Å². The van der Waals surface area contributed by atoms with Gasteiger partial charge in [-0.3, -0.25) is 9.59 Å². The van der Waals surface area contributed by atoms with Gasteiger partial charge in [-0.15, -0.1) is 0 Å². The maximum absolute atomic E-state index is 12.7. The number of rotatable bonds is 8. The average molecular weight is 448 g/mol. The Morgan fingerprint density at radius 3 is 2.39 bits per heavy atom. The molecule has 1 aliphatic heterocycles. The largest absolute Gasteiger partial charge is 0.467 e. The maximum atomic E-state index is 12.7. The number of hydrogen-bond acceptors (Lipinski definition) is 5. The molecule has 0 atom stereocenters. The Morgan fingerprint density at radius 1 is 1.00 bits per heavy atom. The summed E-state index contributed by atoms with van der Waals surface area (Å²) in [5, 5.41) is 2.98. The van der Waals surface area contributed by atoms with Crippen LogP contribution < -0.4 is 10.2 Å². The van der Waals surface area contributed by atoms with Crippen LogP contribution in [-0.4, -0.2) is 49.6 Å².